The summed E-state index contributed by atoms with van der Waals surface area (Å²) in [5.74, 6) is 2.08. The Kier molecular flexibility index (Phi) is 6.93. The number of hydrogen-bond acceptors (Lipinski definition) is 5. The van der Waals surface area contributed by atoms with Crippen LogP contribution in [0.1, 0.15) is 35.7 Å². The first-order chi connectivity index (χ1) is 10.7. The van der Waals surface area contributed by atoms with Gasteiger partial charge in [-0.05, 0) is 12.5 Å². The van der Waals surface area contributed by atoms with E-state index in [1.807, 2.05) is 36.0 Å². The van der Waals surface area contributed by atoms with Gasteiger partial charge in [0.1, 0.15) is 0 Å². The summed E-state index contributed by atoms with van der Waals surface area (Å²) in [6.07, 6.45) is 0.362. The molecule has 0 unspecified atom stereocenters. The van der Waals surface area contributed by atoms with Crippen LogP contribution in [0.25, 0.3) is 0 Å². The summed E-state index contributed by atoms with van der Waals surface area (Å²) in [6.45, 7) is 5.32. The van der Waals surface area contributed by atoms with Gasteiger partial charge in [0.15, 0.2) is 5.78 Å². The molecule has 1 saturated heterocycles. The second-order valence-corrected chi connectivity index (χ2v) is 6.54. The van der Waals surface area contributed by atoms with Crippen molar-refractivity contribution in [1.29, 1.82) is 0 Å². The molecular formula is C17H23NO3S. The zero-order valence-electron chi connectivity index (χ0n) is 13.0. The van der Waals surface area contributed by atoms with Crippen LogP contribution in [0.2, 0.25) is 0 Å². The highest BCUT2D eigenvalue weighted by molar-refractivity contribution is 7.99. The SMILES string of the molecule is CCOC(=O)CCC(=O)c1ccc(CN2CCSCC2)cc1. The fourth-order valence-electron chi connectivity index (χ4n) is 2.41. The third kappa shape index (κ3) is 5.46. The van der Waals surface area contributed by atoms with Gasteiger partial charge >= 0.3 is 5.97 Å². The van der Waals surface area contributed by atoms with Gasteiger partial charge in [-0.15, -0.1) is 0 Å². The molecule has 5 heteroatoms. The van der Waals surface area contributed by atoms with Crippen LogP contribution in [0, 0.1) is 0 Å². The monoisotopic (exact) mass is 321 g/mol. The molecule has 0 bridgehead atoms. The number of rotatable bonds is 7. The Morgan fingerprint density at radius 2 is 1.82 bits per heavy atom. The average molecular weight is 321 g/mol. The Balaban J connectivity index is 1.82. The predicted octanol–water partition coefficient (Wildman–Crippen LogP) is 2.76. The van der Waals surface area contributed by atoms with E-state index in [0.29, 0.717) is 12.2 Å². The van der Waals surface area contributed by atoms with Gasteiger partial charge in [-0.3, -0.25) is 14.5 Å². The molecule has 22 heavy (non-hydrogen) atoms. The summed E-state index contributed by atoms with van der Waals surface area (Å²) in [4.78, 5) is 25.7. The molecule has 2 rings (SSSR count). The Labute approximate surface area is 136 Å². The normalized spacial score (nSPS) is 15.5. The van der Waals surface area contributed by atoms with E-state index >= 15 is 0 Å². The molecule has 1 fully saturated rings. The van der Waals surface area contributed by atoms with Crippen LogP contribution in [0.4, 0.5) is 0 Å². The molecule has 0 aromatic heterocycles. The maximum atomic E-state index is 12.0. The van der Waals surface area contributed by atoms with E-state index in [2.05, 4.69) is 4.90 Å². The molecule has 1 aromatic rings. The smallest absolute Gasteiger partial charge is 0.306 e. The van der Waals surface area contributed by atoms with Gasteiger partial charge in [-0.25, -0.2) is 0 Å². The van der Waals surface area contributed by atoms with Crippen molar-refractivity contribution in [2.45, 2.75) is 26.3 Å². The lowest BCUT2D eigenvalue weighted by Crippen LogP contribution is -2.31. The van der Waals surface area contributed by atoms with Crippen LogP contribution in [-0.2, 0) is 16.1 Å². The first-order valence-electron chi connectivity index (χ1n) is 7.77. The molecule has 4 nitrogen and oxygen atoms in total. The van der Waals surface area contributed by atoms with Crippen molar-refractivity contribution in [2.75, 3.05) is 31.2 Å². The number of carbonyl (C=O) groups excluding carboxylic acids is 2. The van der Waals surface area contributed by atoms with Gasteiger partial charge < -0.3 is 4.74 Å². The summed E-state index contributed by atoms with van der Waals surface area (Å²) in [6, 6.07) is 7.75. The Morgan fingerprint density at radius 1 is 1.14 bits per heavy atom. The summed E-state index contributed by atoms with van der Waals surface area (Å²) in [5.41, 5.74) is 1.90. The van der Waals surface area contributed by atoms with Crippen molar-refractivity contribution in [3.05, 3.63) is 35.4 Å². The molecule has 0 aliphatic carbocycles. The minimum atomic E-state index is -0.310. The zero-order valence-corrected chi connectivity index (χ0v) is 13.9. The van der Waals surface area contributed by atoms with Gasteiger partial charge in [0.25, 0.3) is 0 Å². The highest BCUT2D eigenvalue weighted by atomic mass is 32.2. The van der Waals surface area contributed by atoms with Crippen LogP contribution in [0.15, 0.2) is 24.3 Å². The maximum absolute atomic E-state index is 12.0. The van der Waals surface area contributed by atoms with E-state index in [9.17, 15) is 9.59 Å². The third-order valence-corrected chi connectivity index (χ3v) is 4.59. The second-order valence-electron chi connectivity index (χ2n) is 5.31. The fraction of sp³-hybridized carbons (Fsp3) is 0.529. The van der Waals surface area contributed by atoms with Crippen LogP contribution < -0.4 is 0 Å². The van der Waals surface area contributed by atoms with Crippen molar-refractivity contribution in [2.24, 2.45) is 0 Å². The number of ether oxygens (including phenoxy) is 1. The lowest BCUT2D eigenvalue weighted by Gasteiger charge is -2.26. The van der Waals surface area contributed by atoms with Gasteiger partial charge in [-0.1, -0.05) is 24.3 Å². The molecule has 0 atom stereocenters. The molecule has 1 heterocycles. The second kappa shape index (κ2) is 8.96. The standard InChI is InChI=1S/C17H23NO3S/c1-2-21-17(20)8-7-16(19)15-5-3-14(4-6-15)13-18-9-11-22-12-10-18/h3-6H,2,7-13H2,1H3. The lowest BCUT2D eigenvalue weighted by molar-refractivity contribution is -0.143. The summed E-state index contributed by atoms with van der Waals surface area (Å²) >= 11 is 2.00. The minimum absolute atomic E-state index is 0.00558. The van der Waals surface area contributed by atoms with Gasteiger partial charge in [0.2, 0.25) is 0 Å². The van der Waals surface area contributed by atoms with Gasteiger partial charge in [0.05, 0.1) is 13.0 Å². The zero-order chi connectivity index (χ0) is 15.8. The van der Waals surface area contributed by atoms with Crippen molar-refractivity contribution < 1.29 is 14.3 Å². The van der Waals surface area contributed by atoms with Crippen molar-refractivity contribution >= 4 is 23.5 Å². The van der Waals surface area contributed by atoms with E-state index in [4.69, 9.17) is 4.74 Å². The predicted molar refractivity (Wildman–Crippen MR) is 89.2 cm³/mol. The quantitative estimate of drug-likeness (QED) is 0.571. The number of nitrogens with zero attached hydrogens (tertiary/aromatic N) is 1. The van der Waals surface area contributed by atoms with E-state index in [1.54, 1.807) is 6.92 Å². The molecule has 1 aliphatic rings. The number of benzene rings is 1. The summed E-state index contributed by atoms with van der Waals surface area (Å²) in [5, 5.41) is 0. The number of ketones is 1. The fourth-order valence-corrected chi connectivity index (χ4v) is 3.39. The van der Waals surface area contributed by atoms with Crippen molar-refractivity contribution in [1.82, 2.24) is 4.90 Å². The molecule has 0 N–H and O–H groups in total. The van der Waals surface area contributed by atoms with Crippen LogP contribution in [0.5, 0.6) is 0 Å². The number of esters is 1. The maximum Gasteiger partial charge on any atom is 0.306 e. The molecule has 0 saturated carbocycles. The van der Waals surface area contributed by atoms with Gasteiger partial charge in [-0.2, -0.15) is 11.8 Å². The largest absolute Gasteiger partial charge is 0.466 e. The Hall–Kier alpha value is -1.33. The average Bonchev–Trinajstić information content (AvgIpc) is 2.54. The summed E-state index contributed by atoms with van der Waals surface area (Å²) in [7, 11) is 0. The van der Waals surface area contributed by atoms with Crippen LogP contribution in [0.3, 0.4) is 0 Å². The van der Waals surface area contributed by atoms with Crippen LogP contribution in [-0.4, -0.2) is 47.9 Å². The lowest BCUT2D eigenvalue weighted by atomic mass is 10.0. The van der Waals surface area contributed by atoms with Crippen molar-refractivity contribution in [3.63, 3.8) is 0 Å². The molecule has 120 valence electrons. The Morgan fingerprint density at radius 3 is 2.45 bits per heavy atom. The minimum Gasteiger partial charge on any atom is -0.466 e. The number of carbonyl (C=O) groups is 2. The molecule has 0 spiro atoms. The van der Waals surface area contributed by atoms with Crippen LogP contribution >= 0.6 is 11.8 Å². The van der Waals surface area contributed by atoms with E-state index in [1.165, 1.54) is 17.1 Å². The molecule has 1 aromatic carbocycles. The number of hydrogen-bond donors (Lipinski definition) is 0. The number of Topliss-reactive ketones (excluding diaryl/α,β-unsaturated/α-hetero) is 1. The topological polar surface area (TPSA) is 46.6 Å². The first kappa shape index (κ1) is 17.0. The van der Waals surface area contributed by atoms with E-state index < -0.39 is 0 Å². The summed E-state index contributed by atoms with van der Waals surface area (Å²) < 4.78 is 4.83. The Bertz CT molecular complexity index is 495. The highest BCUT2D eigenvalue weighted by Gasteiger charge is 2.12. The highest BCUT2D eigenvalue weighted by Crippen LogP contribution is 2.14. The van der Waals surface area contributed by atoms with E-state index in [-0.39, 0.29) is 24.6 Å². The molecule has 0 radical (unpaired) electrons. The first-order valence-corrected chi connectivity index (χ1v) is 8.92. The van der Waals surface area contributed by atoms with Crippen molar-refractivity contribution in [3.8, 4) is 0 Å². The molecule has 0 amide bonds. The van der Waals surface area contributed by atoms with E-state index in [0.717, 1.165) is 19.6 Å². The number of thioether (sulfide) groups is 1. The molecule has 1 aliphatic heterocycles. The third-order valence-electron chi connectivity index (χ3n) is 3.65. The molecular weight excluding hydrogens is 298 g/mol. The van der Waals surface area contributed by atoms with Gasteiger partial charge in [0, 0.05) is 43.1 Å².